The summed E-state index contributed by atoms with van der Waals surface area (Å²) in [5, 5.41) is 8.76. The number of likely N-dealkylation sites (N-methyl/N-ethyl adjacent to an activating group) is 1. The van der Waals surface area contributed by atoms with Crippen molar-refractivity contribution >= 4 is 17.7 Å². The van der Waals surface area contributed by atoms with E-state index in [1.165, 1.54) is 17.0 Å². The number of amides is 3. The highest BCUT2D eigenvalue weighted by molar-refractivity contribution is 5.89. The number of aryl methyl sites for hydroxylation is 1. The first-order valence-electron chi connectivity index (χ1n) is 13.2. The third-order valence-corrected chi connectivity index (χ3v) is 6.49. The highest BCUT2D eigenvalue weighted by atomic mass is 19.1. The molecule has 0 saturated heterocycles. The Morgan fingerprint density at radius 1 is 0.974 bits per heavy atom. The van der Waals surface area contributed by atoms with Crippen molar-refractivity contribution in [3.63, 3.8) is 0 Å². The van der Waals surface area contributed by atoms with Crippen molar-refractivity contribution in [2.75, 3.05) is 39.8 Å². The number of hydrogen-bond donors (Lipinski definition) is 3. The van der Waals surface area contributed by atoms with Crippen molar-refractivity contribution in [3.8, 4) is 5.75 Å². The van der Waals surface area contributed by atoms with Crippen LogP contribution < -0.4 is 20.7 Å². The average molecular weight is 527 g/mol. The first-order chi connectivity index (χ1) is 18.2. The molecule has 1 heterocycles. The van der Waals surface area contributed by atoms with Crippen molar-refractivity contribution in [1.82, 2.24) is 20.9 Å². The van der Waals surface area contributed by atoms with Crippen LogP contribution in [0.1, 0.15) is 30.9 Å². The Labute approximate surface area is 224 Å². The van der Waals surface area contributed by atoms with Gasteiger partial charge in [-0.05, 0) is 61.8 Å². The molecule has 9 heteroatoms. The van der Waals surface area contributed by atoms with Gasteiger partial charge in [-0.1, -0.05) is 42.8 Å². The van der Waals surface area contributed by atoms with Crippen molar-refractivity contribution < 1.29 is 23.5 Å². The fourth-order valence-electron chi connectivity index (χ4n) is 4.17. The lowest BCUT2D eigenvalue weighted by Gasteiger charge is -2.24. The maximum Gasteiger partial charge on any atom is 0.240 e. The zero-order chi connectivity index (χ0) is 27.5. The molecule has 1 saturated carbocycles. The monoisotopic (exact) mass is 526 g/mol. The van der Waals surface area contributed by atoms with Crippen LogP contribution in [-0.2, 0) is 20.8 Å². The van der Waals surface area contributed by atoms with Crippen molar-refractivity contribution in [2.24, 2.45) is 11.8 Å². The molecule has 4 rings (SSSR count). The van der Waals surface area contributed by atoms with Crippen LogP contribution in [0.4, 0.5) is 4.39 Å². The van der Waals surface area contributed by atoms with E-state index in [9.17, 15) is 18.8 Å². The van der Waals surface area contributed by atoms with E-state index in [1.54, 1.807) is 19.2 Å². The Kier molecular flexibility index (Phi) is 11.1. The molecule has 206 valence electrons. The summed E-state index contributed by atoms with van der Waals surface area (Å²) in [5.74, 6) is 0.483. The first-order valence-corrected chi connectivity index (χ1v) is 13.2. The highest BCUT2D eigenvalue weighted by Gasteiger charge is 2.37. The van der Waals surface area contributed by atoms with E-state index in [0.29, 0.717) is 25.6 Å². The van der Waals surface area contributed by atoms with Crippen LogP contribution in [0.3, 0.4) is 0 Å². The number of fused-ring (bicyclic) bond motifs is 1. The minimum atomic E-state index is -0.345. The summed E-state index contributed by atoms with van der Waals surface area (Å²) in [5.41, 5.74) is 2.18. The summed E-state index contributed by atoms with van der Waals surface area (Å²) in [6.45, 7) is 5.33. The fraction of sp³-hybridized carbons (Fsp3) is 0.483. The van der Waals surface area contributed by atoms with E-state index < -0.39 is 0 Å². The summed E-state index contributed by atoms with van der Waals surface area (Å²) in [6.07, 6.45) is 2.78. The molecular formula is C29H39FN4O4. The predicted molar refractivity (Wildman–Crippen MR) is 144 cm³/mol. The highest BCUT2D eigenvalue weighted by Crippen LogP contribution is 2.33. The van der Waals surface area contributed by atoms with Gasteiger partial charge in [0.25, 0.3) is 0 Å². The van der Waals surface area contributed by atoms with Gasteiger partial charge in [-0.25, -0.2) is 4.39 Å². The van der Waals surface area contributed by atoms with Gasteiger partial charge < -0.3 is 25.6 Å². The van der Waals surface area contributed by atoms with Gasteiger partial charge in [0, 0.05) is 20.1 Å². The predicted octanol–water partition coefficient (Wildman–Crippen LogP) is 2.45. The van der Waals surface area contributed by atoms with E-state index in [2.05, 4.69) is 22.9 Å². The molecule has 8 nitrogen and oxygen atoms in total. The molecule has 0 radical (unpaired) electrons. The zero-order valence-electron chi connectivity index (χ0n) is 22.5. The van der Waals surface area contributed by atoms with E-state index in [-0.39, 0.29) is 48.6 Å². The van der Waals surface area contributed by atoms with Gasteiger partial charge in [0.1, 0.15) is 18.2 Å². The van der Waals surface area contributed by atoms with Gasteiger partial charge in [-0.3, -0.25) is 14.4 Å². The van der Waals surface area contributed by atoms with Crippen molar-refractivity contribution in [2.45, 2.75) is 39.2 Å². The minimum Gasteiger partial charge on any atom is -0.492 e. The molecule has 2 aliphatic rings. The molecule has 1 fully saturated rings. The van der Waals surface area contributed by atoms with Gasteiger partial charge in [0.05, 0.1) is 19.1 Å². The van der Waals surface area contributed by atoms with Gasteiger partial charge in [0.15, 0.2) is 0 Å². The van der Waals surface area contributed by atoms with Crippen molar-refractivity contribution in [3.05, 3.63) is 65.5 Å². The normalized spacial score (nSPS) is 21.9. The maximum absolute atomic E-state index is 12.8. The van der Waals surface area contributed by atoms with Gasteiger partial charge in [0.2, 0.25) is 17.7 Å². The number of benzene rings is 2. The van der Waals surface area contributed by atoms with Crippen LogP contribution in [0.25, 0.3) is 0 Å². The second-order valence-electron chi connectivity index (χ2n) is 10.1. The number of ether oxygens (including phenoxy) is 1. The lowest BCUT2D eigenvalue weighted by molar-refractivity contribution is -0.137. The van der Waals surface area contributed by atoms with E-state index in [0.717, 1.165) is 36.1 Å². The third kappa shape index (κ3) is 9.78. The third-order valence-electron chi connectivity index (χ3n) is 6.49. The Morgan fingerprint density at radius 3 is 2.37 bits per heavy atom. The second-order valence-corrected chi connectivity index (χ2v) is 10.1. The maximum atomic E-state index is 12.8. The van der Waals surface area contributed by atoms with Gasteiger partial charge in [-0.2, -0.15) is 0 Å². The molecule has 2 aromatic carbocycles. The van der Waals surface area contributed by atoms with Gasteiger partial charge >= 0.3 is 0 Å². The molecule has 2 atom stereocenters. The number of para-hydroxylation sites is 1. The number of nitrogens with one attached hydrogen (secondary N) is 3. The number of rotatable bonds is 1. The quantitative estimate of drug-likeness (QED) is 0.530. The lowest BCUT2D eigenvalue weighted by Crippen LogP contribution is -2.50. The van der Waals surface area contributed by atoms with Gasteiger partial charge in [-0.15, -0.1) is 0 Å². The number of halogens is 1. The first kappa shape index (κ1) is 29.1. The molecule has 3 amide bonds. The Balaban J connectivity index is 0.000000427. The van der Waals surface area contributed by atoms with Crippen LogP contribution in [0, 0.1) is 24.6 Å². The van der Waals surface area contributed by atoms with E-state index >= 15 is 0 Å². The lowest BCUT2D eigenvalue weighted by atomic mass is 10.0. The van der Waals surface area contributed by atoms with Crippen LogP contribution >= 0.6 is 0 Å². The summed E-state index contributed by atoms with van der Waals surface area (Å²) in [6, 6.07) is 14.0. The topological polar surface area (TPSA) is 99.8 Å². The Hall–Kier alpha value is -3.46. The molecule has 0 bridgehead atoms. The molecule has 1 aliphatic carbocycles. The zero-order valence-corrected chi connectivity index (χ0v) is 22.5. The summed E-state index contributed by atoms with van der Waals surface area (Å²) in [7, 11) is 1.62. The summed E-state index contributed by atoms with van der Waals surface area (Å²) in [4.78, 5) is 38.5. The van der Waals surface area contributed by atoms with E-state index in [1.807, 2.05) is 31.2 Å². The standard InChI is InChI=1S/C22H32N4O4.C7H7F/c1-15-11-17-5-3-4-6-18(17)30-10-9-23-21(16-7-8-16)22(29)26(2)14-20(28)25-13-19(27)24-12-15;1-6-2-4-7(8)5-3-6/h3-6,15-16,21,23H,7-14H2,1-2H3,(H,24,27)(H,25,28);2-5H,1H3. The second kappa shape index (κ2) is 14.5. The van der Waals surface area contributed by atoms with Crippen LogP contribution in [0.15, 0.2) is 48.5 Å². The fourth-order valence-corrected chi connectivity index (χ4v) is 4.17. The average Bonchev–Trinajstić information content (AvgIpc) is 3.74. The molecule has 0 spiro atoms. The molecule has 1 aliphatic heterocycles. The summed E-state index contributed by atoms with van der Waals surface area (Å²) >= 11 is 0. The molecule has 2 aromatic rings. The molecule has 3 N–H and O–H groups in total. The van der Waals surface area contributed by atoms with Crippen LogP contribution in [-0.4, -0.2) is 68.5 Å². The van der Waals surface area contributed by atoms with Crippen molar-refractivity contribution in [1.29, 1.82) is 0 Å². The van der Waals surface area contributed by atoms with E-state index in [4.69, 9.17) is 4.74 Å². The Morgan fingerprint density at radius 2 is 1.68 bits per heavy atom. The molecule has 38 heavy (non-hydrogen) atoms. The molecule has 2 unspecified atom stereocenters. The van der Waals surface area contributed by atoms with Crippen LogP contribution in [0.5, 0.6) is 5.75 Å². The smallest absolute Gasteiger partial charge is 0.240 e. The minimum absolute atomic E-state index is 0.0721. The van der Waals surface area contributed by atoms with Crippen LogP contribution in [0.2, 0.25) is 0 Å². The SMILES string of the molecule is CC1CNC(=O)CNC(=O)CN(C)C(=O)C(C2CC2)NCCOc2ccccc2C1.Cc1ccc(F)cc1. The summed E-state index contributed by atoms with van der Waals surface area (Å²) < 4.78 is 18.1. The Bertz CT molecular complexity index is 1050. The molecule has 0 aromatic heterocycles. The largest absolute Gasteiger partial charge is 0.492 e. The number of carbonyl (C=O) groups is 3. The molecular weight excluding hydrogens is 487 g/mol. The number of nitrogens with zero attached hydrogens (tertiary/aromatic N) is 1. The number of hydrogen-bond acceptors (Lipinski definition) is 5. The number of carbonyl (C=O) groups excluding carboxylic acids is 3.